The van der Waals surface area contributed by atoms with Crippen LogP contribution in [-0.2, 0) is 22.5 Å². The maximum absolute atomic E-state index is 11.8. The first-order valence-corrected chi connectivity index (χ1v) is 14.1. The van der Waals surface area contributed by atoms with E-state index in [4.69, 9.17) is 28.7 Å². The molecule has 0 radical (unpaired) electrons. The van der Waals surface area contributed by atoms with Gasteiger partial charge in [0.2, 0.25) is 0 Å². The van der Waals surface area contributed by atoms with Crippen molar-refractivity contribution >= 4 is 16.6 Å². The van der Waals surface area contributed by atoms with Crippen LogP contribution in [0.25, 0.3) is 10.8 Å². The Balaban J connectivity index is 1.35. The van der Waals surface area contributed by atoms with E-state index in [2.05, 4.69) is 15.9 Å². The van der Waals surface area contributed by atoms with E-state index < -0.39 is 0 Å². The molecule has 0 atom stereocenters. The third kappa shape index (κ3) is 6.37. The monoisotopic (exact) mass is 573 g/mol. The zero-order chi connectivity index (χ0) is 29.6. The second-order valence-electron chi connectivity index (χ2n) is 10.5. The molecular formula is C33H39N3O6. The molecule has 0 N–H and O–H groups in total. The molecule has 1 aliphatic carbocycles. The number of carbonyl (C=O) groups is 1. The number of benzene rings is 2. The van der Waals surface area contributed by atoms with Crippen molar-refractivity contribution in [2.75, 3.05) is 68.3 Å². The highest BCUT2D eigenvalue weighted by Gasteiger charge is 2.23. The molecule has 1 aliphatic heterocycles. The summed E-state index contributed by atoms with van der Waals surface area (Å²) in [5, 5.41) is 2.14. The molecule has 1 aromatic heterocycles. The lowest BCUT2D eigenvalue weighted by molar-refractivity contribution is -0.114. The maximum Gasteiger partial charge on any atom is 0.163 e. The minimum absolute atomic E-state index is 0.0882. The van der Waals surface area contributed by atoms with Crippen molar-refractivity contribution in [2.45, 2.75) is 19.4 Å². The number of ketones is 1. The largest absolute Gasteiger partial charge is 0.496 e. The lowest BCUT2D eigenvalue weighted by Gasteiger charge is -2.35. The van der Waals surface area contributed by atoms with Gasteiger partial charge in [-0.15, -0.1) is 0 Å². The highest BCUT2D eigenvalue weighted by molar-refractivity contribution is 5.93. The summed E-state index contributed by atoms with van der Waals surface area (Å²) in [6.45, 7) is 5.29. The maximum atomic E-state index is 11.8. The van der Waals surface area contributed by atoms with Gasteiger partial charge in [-0.05, 0) is 40.8 Å². The first kappa shape index (κ1) is 29.4. The van der Waals surface area contributed by atoms with Gasteiger partial charge in [-0.1, -0.05) is 12.1 Å². The summed E-state index contributed by atoms with van der Waals surface area (Å²) in [5.41, 5.74) is 4.26. The molecule has 0 bridgehead atoms. The van der Waals surface area contributed by atoms with Crippen molar-refractivity contribution in [3.63, 3.8) is 0 Å². The number of piperazine rings is 1. The summed E-state index contributed by atoms with van der Waals surface area (Å²) >= 11 is 0. The Kier molecular flexibility index (Phi) is 9.29. The fourth-order valence-electron chi connectivity index (χ4n) is 5.67. The Labute approximate surface area is 247 Å². The lowest BCUT2D eigenvalue weighted by atomic mass is 9.99. The minimum Gasteiger partial charge on any atom is -0.496 e. The first-order valence-electron chi connectivity index (χ1n) is 14.1. The molecule has 0 unspecified atom stereocenters. The van der Waals surface area contributed by atoms with Crippen LogP contribution in [0.5, 0.6) is 23.0 Å². The van der Waals surface area contributed by atoms with E-state index in [1.807, 2.05) is 36.5 Å². The SMILES string of the molecule is COC1=CC(=O)CC=C1CN1CCN(Cc2cnc(Cc3ccc(OC)c(OC)c3)c3cc(OC)c(OC)cc23)CC1. The molecule has 0 saturated carbocycles. The van der Waals surface area contributed by atoms with E-state index in [0.29, 0.717) is 41.6 Å². The van der Waals surface area contributed by atoms with E-state index >= 15 is 0 Å². The molecule has 2 aromatic carbocycles. The fourth-order valence-corrected chi connectivity index (χ4v) is 5.67. The molecule has 3 aromatic rings. The number of allylic oxidation sites excluding steroid dienone is 2. The van der Waals surface area contributed by atoms with Crippen LogP contribution < -0.4 is 18.9 Å². The van der Waals surface area contributed by atoms with Crippen molar-refractivity contribution in [1.29, 1.82) is 0 Å². The van der Waals surface area contributed by atoms with Crippen LogP contribution in [0.1, 0.15) is 23.2 Å². The van der Waals surface area contributed by atoms with Crippen LogP contribution in [-0.4, -0.2) is 88.8 Å². The molecule has 2 aliphatic rings. The number of nitrogens with zero attached hydrogens (tertiary/aromatic N) is 3. The summed E-state index contributed by atoms with van der Waals surface area (Å²) in [7, 11) is 8.22. The fraction of sp³-hybridized carbons (Fsp3) is 0.394. The number of carbonyl (C=O) groups excluding carboxylic acids is 1. The van der Waals surface area contributed by atoms with Crippen molar-refractivity contribution < 1.29 is 28.5 Å². The Bertz CT molecular complexity index is 1510. The van der Waals surface area contributed by atoms with Crippen LogP contribution >= 0.6 is 0 Å². The van der Waals surface area contributed by atoms with Crippen LogP contribution in [0.15, 0.2) is 60.0 Å². The van der Waals surface area contributed by atoms with Gasteiger partial charge in [-0.2, -0.15) is 0 Å². The van der Waals surface area contributed by atoms with Crippen LogP contribution in [0, 0.1) is 0 Å². The average Bonchev–Trinajstić information content (AvgIpc) is 3.03. The number of methoxy groups -OCH3 is 5. The smallest absolute Gasteiger partial charge is 0.163 e. The van der Waals surface area contributed by atoms with Crippen molar-refractivity contribution in [2.24, 2.45) is 0 Å². The summed E-state index contributed by atoms with van der Waals surface area (Å²) in [6, 6.07) is 10.0. The molecule has 9 heteroatoms. The Morgan fingerprint density at radius 2 is 1.36 bits per heavy atom. The molecule has 1 fully saturated rings. The van der Waals surface area contributed by atoms with Crippen molar-refractivity contribution in [3.05, 3.63) is 76.8 Å². The minimum atomic E-state index is 0.0882. The molecule has 0 spiro atoms. The Morgan fingerprint density at radius 1 is 0.738 bits per heavy atom. The number of hydrogen-bond acceptors (Lipinski definition) is 9. The predicted molar refractivity (Wildman–Crippen MR) is 162 cm³/mol. The van der Waals surface area contributed by atoms with E-state index in [0.717, 1.165) is 72.4 Å². The lowest BCUT2D eigenvalue weighted by Crippen LogP contribution is -2.46. The van der Waals surface area contributed by atoms with Gasteiger partial charge in [-0.25, -0.2) is 0 Å². The second-order valence-corrected chi connectivity index (χ2v) is 10.5. The number of pyridine rings is 1. The standard InChI is InChI=1S/C33H39N3O6/c1-38-29-9-6-22(15-31(29)40-3)14-28-27-18-33(42-5)32(41-4)17-26(27)24(19-34-28)21-36-12-10-35(11-13-36)20-23-7-8-25(37)16-30(23)39-2/h6-7,9,15-19H,8,10-14,20-21H2,1-5H3. The van der Waals surface area contributed by atoms with Gasteiger partial charge in [0.15, 0.2) is 28.8 Å². The molecule has 9 nitrogen and oxygen atoms in total. The second kappa shape index (κ2) is 13.3. The van der Waals surface area contributed by atoms with Crippen molar-refractivity contribution in [1.82, 2.24) is 14.8 Å². The van der Waals surface area contributed by atoms with Gasteiger partial charge in [0.05, 0.1) is 41.2 Å². The number of fused-ring (bicyclic) bond motifs is 1. The van der Waals surface area contributed by atoms with Crippen molar-refractivity contribution in [3.8, 4) is 23.0 Å². The topological polar surface area (TPSA) is 82.6 Å². The predicted octanol–water partition coefficient (Wildman–Crippen LogP) is 4.41. The van der Waals surface area contributed by atoms with E-state index in [1.165, 1.54) is 0 Å². The number of hydrogen-bond donors (Lipinski definition) is 0. The molecule has 222 valence electrons. The Morgan fingerprint density at radius 3 is 2.00 bits per heavy atom. The van der Waals surface area contributed by atoms with Crippen LogP contribution in [0.3, 0.4) is 0 Å². The molecule has 1 saturated heterocycles. The van der Waals surface area contributed by atoms with Gasteiger partial charge in [0.1, 0.15) is 5.76 Å². The summed E-state index contributed by atoms with van der Waals surface area (Å²) in [6.07, 6.45) is 6.68. The zero-order valence-electron chi connectivity index (χ0n) is 25.1. The first-order chi connectivity index (χ1) is 20.5. The average molecular weight is 574 g/mol. The molecule has 0 amide bonds. The van der Waals surface area contributed by atoms with Gasteiger partial charge < -0.3 is 23.7 Å². The van der Waals surface area contributed by atoms with E-state index in [1.54, 1.807) is 41.6 Å². The van der Waals surface area contributed by atoms with Gasteiger partial charge in [0.25, 0.3) is 0 Å². The highest BCUT2D eigenvalue weighted by atomic mass is 16.5. The summed E-state index contributed by atoms with van der Waals surface area (Å²) in [4.78, 5) is 21.6. The molecule has 42 heavy (non-hydrogen) atoms. The van der Waals surface area contributed by atoms with Gasteiger partial charge in [-0.3, -0.25) is 19.6 Å². The normalized spacial score (nSPS) is 16.2. The van der Waals surface area contributed by atoms with E-state index in [-0.39, 0.29) is 5.78 Å². The van der Waals surface area contributed by atoms with Gasteiger partial charge in [0, 0.05) is 75.3 Å². The highest BCUT2D eigenvalue weighted by Crippen LogP contribution is 2.36. The summed E-state index contributed by atoms with van der Waals surface area (Å²) in [5.74, 6) is 3.53. The van der Waals surface area contributed by atoms with Gasteiger partial charge >= 0.3 is 0 Å². The van der Waals surface area contributed by atoms with Crippen LogP contribution in [0.4, 0.5) is 0 Å². The third-order valence-corrected chi connectivity index (χ3v) is 8.01. The molecular weight excluding hydrogens is 534 g/mol. The van der Waals surface area contributed by atoms with Crippen LogP contribution in [0.2, 0.25) is 0 Å². The molecule has 5 rings (SSSR count). The molecule has 2 heterocycles. The van der Waals surface area contributed by atoms with E-state index in [9.17, 15) is 4.79 Å². The Hall–Kier alpha value is -4.08. The quantitative estimate of drug-likeness (QED) is 0.331. The number of aromatic nitrogens is 1. The zero-order valence-corrected chi connectivity index (χ0v) is 25.1. The summed E-state index contributed by atoms with van der Waals surface area (Å²) < 4.78 is 27.7. The number of rotatable bonds is 11. The third-order valence-electron chi connectivity index (χ3n) is 8.01. The number of ether oxygens (including phenoxy) is 5.